The van der Waals surface area contributed by atoms with Crippen LogP contribution in [0.2, 0.25) is 0 Å². The van der Waals surface area contributed by atoms with E-state index in [4.69, 9.17) is 18.9 Å². The zero-order chi connectivity index (χ0) is 17.5. The maximum atomic E-state index is 11.5. The van der Waals surface area contributed by atoms with E-state index >= 15 is 0 Å². The number of hydrogen-bond acceptors (Lipinski definition) is 6. The predicted octanol–water partition coefficient (Wildman–Crippen LogP) is 0.455. The molecule has 1 aliphatic rings. The van der Waals surface area contributed by atoms with Crippen LogP contribution in [0.15, 0.2) is 30.3 Å². The molecule has 1 heterocycles. The highest BCUT2D eigenvalue weighted by Gasteiger charge is 2.47. The van der Waals surface area contributed by atoms with Gasteiger partial charge >= 0.3 is 0 Å². The summed E-state index contributed by atoms with van der Waals surface area (Å²) in [5, 5.41) is 12.4. The maximum absolute atomic E-state index is 11.5. The van der Waals surface area contributed by atoms with Gasteiger partial charge in [-0.2, -0.15) is 0 Å². The van der Waals surface area contributed by atoms with Crippen molar-refractivity contribution < 1.29 is 28.8 Å². The first-order chi connectivity index (χ1) is 11.6. The summed E-state index contributed by atoms with van der Waals surface area (Å²) in [6.45, 7) is 1.51. The Hall–Kier alpha value is -1.51. The molecule has 1 aromatic carbocycles. The lowest BCUT2D eigenvalue weighted by Gasteiger charge is -2.45. The molecule has 1 amide bonds. The van der Waals surface area contributed by atoms with Gasteiger partial charge in [-0.05, 0) is 5.56 Å². The van der Waals surface area contributed by atoms with Gasteiger partial charge < -0.3 is 29.4 Å². The largest absolute Gasteiger partial charge is 0.394 e. The van der Waals surface area contributed by atoms with Crippen molar-refractivity contribution in [2.75, 3.05) is 20.8 Å². The fourth-order valence-corrected chi connectivity index (χ4v) is 2.89. The molecule has 0 saturated carbocycles. The van der Waals surface area contributed by atoms with Gasteiger partial charge in [-0.1, -0.05) is 30.3 Å². The third-order valence-corrected chi connectivity index (χ3v) is 3.99. The number of amides is 1. The summed E-state index contributed by atoms with van der Waals surface area (Å²) >= 11 is 0. The SMILES string of the molecule is COC1OC(CO)C(OCc2ccccc2)C(OC)C1NC(C)=O. The predicted molar refractivity (Wildman–Crippen MR) is 86.2 cm³/mol. The summed E-state index contributed by atoms with van der Waals surface area (Å²) in [5.41, 5.74) is 0.994. The van der Waals surface area contributed by atoms with Gasteiger partial charge in [0, 0.05) is 21.1 Å². The maximum Gasteiger partial charge on any atom is 0.217 e. The number of benzene rings is 1. The van der Waals surface area contributed by atoms with Crippen molar-refractivity contribution in [3.63, 3.8) is 0 Å². The van der Waals surface area contributed by atoms with Crippen LogP contribution < -0.4 is 5.32 Å². The highest BCUT2D eigenvalue weighted by Crippen LogP contribution is 2.27. The summed E-state index contributed by atoms with van der Waals surface area (Å²) in [5.74, 6) is -0.225. The summed E-state index contributed by atoms with van der Waals surface area (Å²) in [6.07, 6.45) is -2.42. The van der Waals surface area contributed by atoms with Crippen molar-refractivity contribution in [2.24, 2.45) is 0 Å². The van der Waals surface area contributed by atoms with E-state index in [9.17, 15) is 9.90 Å². The Morgan fingerprint density at radius 3 is 2.46 bits per heavy atom. The lowest BCUT2D eigenvalue weighted by Crippen LogP contribution is -2.65. The Balaban J connectivity index is 2.16. The Bertz CT molecular complexity index is 511. The molecule has 5 unspecified atom stereocenters. The van der Waals surface area contributed by atoms with E-state index < -0.39 is 30.6 Å². The van der Waals surface area contributed by atoms with Crippen LogP contribution in [0, 0.1) is 0 Å². The molecule has 2 rings (SSSR count). The van der Waals surface area contributed by atoms with Gasteiger partial charge in [0.15, 0.2) is 6.29 Å². The van der Waals surface area contributed by atoms with Gasteiger partial charge in [-0.3, -0.25) is 4.79 Å². The van der Waals surface area contributed by atoms with Crippen LogP contribution in [0.3, 0.4) is 0 Å². The second kappa shape index (κ2) is 9.10. The van der Waals surface area contributed by atoms with Crippen LogP contribution in [0.4, 0.5) is 0 Å². The third kappa shape index (κ3) is 4.52. The Labute approximate surface area is 141 Å². The molecule has 7 heteroatoms. The first kappa shape index (κ1) is 18.8. The first-order valence-electron chi connectivity index (χ1n) is 7.85. The average molecular weight is 339 g/mol. The quantitative estimate of drug-likeness (QED) is 0.750. The molecule has 5 atom stereocenters. The summed E-state index contributed by atoms with van der Waals surface area (Å²) in [4.78, 5) is 11.5. The normalized spacial score (nSPS) is 30.1. The second-order valence-corrected chi connectivity index (χ2v) is 5.65. The highest BCUT2D eigenvalue weighted by molar-refractivity contribution is 5.73. The molecule has 1 aromatic rings. The van der Waals surface area contributed by atoms with E-state index in [0.717, 1.165) is 5.56 Å². The Kier molecular flexibility index (Phi) is 7.14. The molecular weight excluding hydrogens is 314 g/mol. The number of carbonyl (C=O) groups is 1. The number of aliphatic hydroxyl groups is 1. The number of methoxy groups -OCH3 is 2. The molecule has 0 spiro atoms. The van der Waals surface area contributed by atoms with Crippen LogP contribution in [-0.4, -0.2) is 62.5 Å². The van der Waals surface area contributed by atoms with Crippen molar-refractivity contribution in [2.45, 2.75) is 44.2 Å². The summed E-state index contributed by atoms with van der Waals surface area (Å²) in [6, 6.07) is 9.13. The van der Waals surface area contributed by atoms with Crippen molar-refractivity contribution in [3.05, 3.63) is 35.9 Å². The lowest BCUT2D eigenvalue weighted by molar-refractivity contribution is -0.276. The van der Waals surface area contributed by atoms with E-state index in [1.807, 2.05) is 30.3 Å². The molecule has 2 N–H and O–H groups in total. The van der Waals surface area contributed by atoms with Crippen LogP contribution in [0.5, 0.6) is 0 Å². The van der Waals surface area contributed by atoms with Gasteiger partial charge in [0.2, 0.25) is 5.91 Å². The number of carbonyl (C=O) groups excluding carboxylic acids is 1. The molecule has 0 bridgehead atoms. The van der Waals surface area contributed by atoms with E-state index in [0.29, 0.717) is 6.61 Å². The molecule has 0 radical (unpaired) electrons. The molecular formula is C17H25NO6. The Morgan fingerprint density at radius 2 is 1.92 bits per heavy atom. The number of hydrogen-bond donors (Lipinski definition) is 2. The Morgan fingerprint density at radius 1 is 1.21 bits per heavy atom. The smallest absolute Gasteiger partial charge is 0.217 e. The van der Waals surface area contributed by atoms with Crippen molar-refractivity contribution >= 4 is 5.91 Å². The molecule has 134 valence electrons. The number of nitrogens with one attached hydrogen (secondary N) is 1. The number of rotatable bonds is 7. The van der Waals surface area contributed by atoms with E-state index in [1.165, 1.54) is 21.1 Å². The number of ether oxygens (including phenoxy) is 4. The molecule has 24 heavy (non-hydrogen) atoms. The van der Waals surface area contributed by atoms with Gasteiger partial charge in [0.05, 0.1) is 13.2 Å². The summed E-state index contributed by atoms with van der Waals surface area (Å²) < 4.78 is 22.6. The van der Waals surface area contributed by atoms with Gasteiger partial charge in [0.1, 0.15) is 24.4 Å². The van der Waals surface area contributed by atoms with E-state index in [2.05, 4.69) is 5.32 Å². The average Bonchev–Trinajstić information content (AvgIpc) is 2.60. The van der Waals surface area contributed by atoms with Gasteiger partial charge in [-0.15, -0.1) is 0 Å². The molecule has 7 nitrogen and oxygen atoms in total. The number of aliphatic hydroxyl groups excluding tert-OH is 1. The molecule has 1 fully saturated rings. The zero-order valence-electron chi connectivity index (χ0n) is 14.2. The van der Waals surface area contributed by atoms with Gasteiger partial charge in [-0.25, -0.2) is 0 Å². The van der Waals surface area contributed by atoms with Crippen LogP contribution in [-0.2, 0) is 30.3 Å². The minimum absolute atomic E-state index is 0.225. The van der Waals surface area contributed by atoms with Crippen molar-refractivity contribution in [1.29, 1.82) is 0 Å². The van der Waals surface area contributed by atoms with Crippen LogP contribution in [0.1, 0.15) is 12.5 Å². The highest BCUT2D eigenvalue weighted by atomic mass is 16.7. The van der Waals surface area contributed by atoms with Crippen molar-refractivity contribution in [3.8, 4) is 0 Å². The fourth-order valence-electron chi connectivity index (χ4n) is 2.89. The van der Waals surface area contributed by atoms with E-state index in [1.54, 1.807) is 0 Å². The zero-order valence-corrected chi connectivity index (χ0v) is 14.2. The molecule has 1 aliphatic heterocycles. The van der Waals surface area contributed by atoms with Gasteiger partial charge in [0.25, 0.3) is 0 Å². The summed E-state index contributed by atoms with van der Waals surface area (Å²) in [7, 11) is 3.01. The van der Waals surface area contributed by atoms with Crippen LogP contribution in [0.25, 0.3) is 0 Å². The third-order valence-electron chi connectivity index (χ3n) is 3.99. The van der Waals surface area contributed by atoms with E-state index in [-0.39, 0.29) is 12.5 Å². The van der Waals surface area contributed by atoms with Crippen LogP contribution >= 0.6 is 0 Å². The topological polar surface area (TPSA) is 86.2 Å². The fraction of sp³-hybridized carbons (Fsp3) is 0.588. The van der Waals surface area contributed by atoms with Crippen molar-refractivity contribution in [1.82, 2.24) is 5.32 Å². The minimum atomic E-state index is -0.729. The lowest BCUT2D eigenvalue weighted by atomic mass is 9.96. The molecule has 0 aromatic heterocycles. The molecule has 1 saturated heterocycles. The standard InChI is InChI=1S/C17H25NO6/c1-11(20)18-14-16(21-2)15(13(9-19)24-17(14)22-3)23-10-12-7-5-4-6-8-12/h4-8,13-17,19H,9-10H2,1-3H3,(H,18,20). The second-order valence-electron chi connectivity index (χ2n) is 5.65. The first-order valence-corrected chi connectivity index (χ1v) is 7.85. The monoisotopic (exact) mass is 339 g/mol. The molecule has 0 aliphatic carbocycles. The minimum Gasteiger partial charge on any atom is -0.394 e.